The molecule has 1 saturated heterocycles. The summed E-state index contributed by atoms with van der Waals surface area (Å²) < 4.78 is 5.40. The Hall–Kier alpha value is -2.15. The van der Waals surface area contributed by atoms with Crippen LogP contribution < -0.4 is 5.32 Å². The topological polar surface area (TPSA) is 75.7 Å². The highest BCUT2D eigenvalue weighted by Gasteiger charge is 2.30. The molecule has 0 saturated carbocycles. The predicted molar refractivity (Wildman–Crippen MR) is 113 cm³/mol. The van der Waals surface area contributed by atoms with Crippen LogP contribution in [0.2, 0.25) is 0 Å². The number of thiophene rings is 1. The van der Waals surface area contributed by atoms with Gasteiger partial charge in [-0.1, -0.05) is 17.7 Å². The van der Waals surface area contributed by atoms with Gasteiger partial charge in [-0.2, -0.15) is 0 Å². The lowest BCUT2D eigenvalue weighted by Gasteiger charge is -2.31. The van der Waals surface area contributed by atoms with E-state index in [4.69, 9.17) is 4.74 Å². The zero-order valence-corrected chi connectivity index (χ0v) is 17.8. The maximum Gasteiger partial charge on any atom is 0.309 e. The van der Waals surface area contributed by atoms with Crippen LogP contribution in [0.5, 0.6) is 0 Å². The molecule has 1 atom stereocenters. The molecule has 1 aromatic heterocycles. The minimum Gasteiger partial charge on any atom is -0.452 e. The van der Waals surface area contributed by atoms with E-state index in [2.05, 4.69) is 11.4 Å². The fraction of sp³-hybridized carbons (Fsp3) is 0.591. The fourth-order valence-electron chi connectivity index (χ4n) is 3.82. The van der Waals surface area contributed by atoms with Crippen LogP contribution in [0.3, 0.4) is 0 Å². The second-order valence-corrected chi connectivity index (χ2v) is 8.72. The molecule has 0 spiro atoms. The molecule has 2 heterocycles. The first-order valence-corrected chi connectivity index (χ1v) is 11.4. The number of esters is 1. The molecule has 1 aromatic rings. The number of nitrogens with zero attached hydrogens (tertiary/aromatic N) is 1. The third-order valence-electron chi connectivity index (χ3n) is 5.64. The van der Waals surface area contributed by atoms with E-state index in [0.717, 1.165) is 24.1 Å². The van der Waals surface area contributed by atoms with Crippen LogP contribution in [-0.4, -0.2) is 48.4 Å². The van der Waals surface area contributed by atoms with Crippen LogP contribution in [0, 0.1) is 5.92 Å². The van der Waals surface area contributed by atoms with E-state index >= 15 is 0 Å². The van der Waals surface area contributed by atoms with Crippen molar-refractivity contribution in [1.29, 1.82) is 0 Å². The third-order valence-corrected chi connectivity index (χ3v) is 6.50. The number of amides is 2. The number of nitrogens with one attached hydrogen (secondary N) is 1. The number of ether oxygens (including phenoxy) is 1. The molecule has 1 aliphatic heterocycles. The Bertz CT molecular complexity index is 736. The van der Waals surface area contributed by atoms with Crippen LogP contribution in [0.4, 0.5) is 0 Å². The molecular weight excluding hydrogens is 388 g/mol. The second-order valence-electron chi connectivity index (χ2n) is 7.77. The molecule has 2 amide bonds. The van der Waals surface area contributed by atoms with Crippen molar-refractivity contribution >= 4 is 29.1 Å². The summed E-state index contributed by atoms with van der Waals surface area (Å²) in [6.07, 6.45) is 8.21. The highest BCUT2D eigenvalue weighted by molar-refractivity contribution is 7.12. The van der Waals surface area contributed by atoms with Crippen LogP contribution in [0.25, 0.3) is 0 Å². The summed E-state index contributed by atoms with van der Waals surface area (Å²) in [5.74, 6) is -0.830. The molecule has 0 aromatic carbocycles. The standard InChI is InChI=1S/C22H30N2O4S/c1-16(20(25)23-12-9-17-6-3-2-4-7-17)28-22(27)18-10-13-24(14-11-18)21(26)19-8-5-15-29-19/h5-6,8,15-16,18H,2-4,7,9-14H2,1H3,(H,23,25). The average Bonchev–Trinajstić information content (AvgIpc) is 3.29. The molecule has 3 rings (SSSR count). The van der Waals surface area contributed by atoms with E-state index in [-0.39, 0.29) is 23.7 Å². The summed E-state index contributed by atoms with van der Waals surface area (Å²) in [5.41, 5.74) is 1.41. The first-order valence-electron chi connectivity index (χ1n) is 10.5. The molecule has 0 bridgehead atoms. The first kappa shape index (κ1) is 21.6. The van der Waals surface area contributed by atoms with Crippen LogP contribution in [0.15, 0.2) is 29.2 Å². The van der Waals surface area contributed by atoms with Gasteiger partial charge in [-0.05, 0) is 63.3 Å². The number of carbonyl (C=O) groups excluding carboxylic acids is 3. The molecule has 158 valence electrons. The fourth-order valence-corrected chi connectivity index (χ4v) is 4.51. The average molecular weight is 419 g/mol. The van der Waals surface area contributed by atoms with E-state index in [0.29, 0.717) is 32.5 Å². The van der Waals surface area contributed by atoms with Crippen molar-refractivity contribution in [2.24, 2.45) is 5.92 Å². The summed E-state index contributed by atoms with van der Waals surface area (Å²) in [5, 5.41) is 4.75. The van der Waals surface area contributed by atoms with E-state index < -0.39 is 6.10 Å². The molecule has 2 aliphatic rings. The van der Waals surface area contributed by atoms with E-state index in [1.165, 1.54) is 29.8 Å². The Morgan fingerprint density at radius 2 is 2.07 bits per heavy atom. The van der Waals surface area contributed by atoms with E-state index in [9.17, 15) is 14.4 Å². The SMILES string of the molecule is CC(OC(=O)C1CCN(C(=O)c2cccs2)CC1)C(=O)NCCC1=CCCCC1. The van der Waals surface area contributed by atoms with Gasteiger partial charge in [-0.25, -0.2) is 0 Å². The molecule has 1 aliphatic carbocycles. The minimum absolute atomic E-state index is 0.0210. The lowest BCUT2D eigenvalue weighted by Crippen LogP contribution is -2.42. The molecule has 0 radical (unpaired) electrons. The van der Waals surface area contributed by atoms with Crippen molar-refractivity contribution in [3.8, 4) is 0 Å². The van der Waals surface area contributed by atoms with Crippen LogP contribution >= 0.6 is 11.3 Å². The maximum absolute atomic E-state index is 12.4. The van der Waals surface area contributed by atoms with Crippen LogP contribution in [0.1, 0.15) is 61.5 Å². The smallest absolute Gasteiger partial charge is 0.309 e. The Morgan fingerprint density at radius 1 is 1.28 bits per heavy atom. The van der Waals surface area contributed by atoms with Crippen molar-refractivity contribution in [1.82, 2.24) is 10.2 Å². The van der Waals surface area contributed by atoms with Gasteiger partial charge in [-0.15, -0.1) is 11.3 Å². The Labute approximate surface area is 176 Å². The maximum atomic E-state index is 12.4. The van der Waals surface area contributed by atoms with Gasteiger partial charge in [0.05, 0.1) is 10.8 Å². The number of hydrogen-bond acceptors (Lipinski definition) is 5. The second kappa shape index (κ2) is 10.6. The Kier molecular flexibility index (Phi) is 7.86. The van der Waals surface area contributed by atoms with Crippen molar-refractivity contribution in [2.75, 3.05) is 19.6 Å². The molecule has 1 unspecified atom stereocenters. The molecule has 6 nitrogen and oxygen atoms in total. The highest BCUT2D eigenvalue weighted by Crippen LogP contribution is 2.22. The lowest BCUT2D eigenvalue weighted by molar-refractivity contribution is -0.160. The van der Waals surface area contributed by atoms with Gasteiger partial charge in [0, 0.05) is 19.6 Å². The molecule has 1 N–H and O–H groups in total. The zero-order valence-electron chi connectivity index (χ0n) is 17.0. The van der Waals surface area contributed by atoms with Gasteiger partial charge in [0.15, 0.2) is 6.10 Å². The van der Waals surface area contributed by atoms with Crippen molar-refractivity contribution in [3.05, 3.63) is 34.0 Å². The summed E-state index contributed by atoms with van der Waals surface area (Å²) in [7, 11) is 0. The summed E-state index contributed by atoms with van der Waals surface area (Å²) in [6.45, 7) is 3.26. The molecule has 7 heteroatoms. The van der Waals surface area contributed by atoms with Gasteiger partial charge in [0.1, 0.15) is 0 Å². The van der Waals surface area contributed by atoms with Crippen molar-refractivity contribution in [3.63, 3.8) is 0 Å². The summed E-state index contributed by atoms with van der Waals surface area (Å²) in [6, 6.07) is 3.68. The van der Waals surface area contributed by atoms with Crippen molar-refractivity contribution in [2.45, 2.75) is 58.0 Å². The number of hydrogen-bond donors (Lipinski definition) is 1. The van der Waals surface area contributed by atoms with Gasteiger partial charge in [-0.3, -0.25) is 14.4 Å². The van der Waals surface area contributed by atoms with E-state index in [1.54, 1.807) is 11.8 Å². The van der Waals surface area contributed by atoms with Gasteiger partial charge >= 0.3 is 5.97 Å². The Morgan fingerprint density at radius 3 is 2.72 bits per heavy atom. The zero-order chi connectivity index (χ0) is 20.6. The molecule has 1 fully saturated rings. The molecule has 29 heavy (non-hydrogen) atoms. The predicted octanol–water partition coefficient (Wildman–Crippen LogP) is 3.54. The number of rotatable bonds is 7. The highest BCUT2D eigenvalue weighted by atomic mass is 32.1. The monoisotopic (exact) mass is 418 g/mol. The summed E-state index contributed by atoms with van der Waals surface area (Å²) in [4.78, 5) is 39.5. The minimum atomic E-state index is -0.798. The van der Waals surface area contributed by atoms with Crippen LogP contribution in [-0.2, 0) is 14.3 Å². The largest absolute Gasteiger partial charge is 0.452 e. The van der Waals surface area contributed by atoms with Gasteiger partial charge < -0.3 is 15.0 Å². The molecular formula is C22H30N2O4S. The summed E-state index contributed by atoms with van der Waals surface area (Å²) >= 11 is 1.43. The number of piperidine rings is 1. The van der Waals surface area contributed by atoms with Gasteiger partial charge in [0.2, 0.25) is 0 Å². The Balaban J connectivity index is 1.36. The quantitative estimate of drug-likeness (QED) is 0.543. The van der Waals surface area contributed by atoms with Gasteiger partial charge in [0.25, 0.3) is 11.8 Å². The lowest BCUT2D eigenvalue weighted by atomic mass is 9.97. The number of likely N-dealkylation sites (tertiary alicyclic amines) is 1. The normalized spacial score (nSPS) is 18.7. The first-order chi connectivity index (χ1) is 14.0. The van der Waals surface area contributed by atoms with E-state index in [1.807, 2.05) is 17.5 Å². The number of carbonyl (C=O) groups is 3. The van der Waals surface area contributed by atoms with Crippen molar-refractivity contribution < 1.29 is 19.1 Å². The third kappa shape index (κ3) is 6.16. The number of allylic oxidation sites excluding steroid dienone is 1.